The van der Waals surface area contributed by atoms with Crippen LogP contribution in [-0.2, 0) is 11.2 Å². The molecule has 2 aliphatic rings. The molecule has 10 heteroatoms. The lowest BCUT2D eigenvalue weighted by Gasteiger charge is -2.30. The van der Waals surface area contributed by atoms with Crippen molar-refractivity contribution in [2.75, 3.05) is 25.5 Å². The molecule has 43 heavy (non-hydrogen) atoms. The Hall–Kier alpha value is -4.70. The lowest BCUT2D eigenvalue weighted by molar-refractivity contribution is -0.117. The summed E-state index contributed by atoms with van der Waals surface area (Å²) in [4.78, 5) is 34.1. The Morgan fingerprint density at radius 1 is 1.00 bits per heavy atom. The number of fused-ring (bicyclic) bond motifs is 1. The lowest BCUT2D eigenvalue weighted by atomic mass is 10.0. The van der Waals surface area contributed by atoms with Crippen LogP contribution in [0, 0.1) is 11.6 Å². The third-order valence-electron chi connectivity index (χ3n) is 8.11. The first kappa shape index (κ1) is 28.4. The number of nitrogens with zero attached hydrogens (tertiary/aromatic N) is 4. The second-order valence-electron chi connectivity index (χ2n) is 10.9. The number of para-hydroxylation sites is 1. The highest BCUT2D eigenvalue weighted by atomic mass is 19.1. The second kappa shape index (κ2) is 11.9. The maximum Gasteiger partial charge on any atom is 0.269 e. The van der Waals surface area contributed by atoms with Crippen molar-refractivity contribution in [3.63, 3.8) is 0 Å². The molecule has 0 radical (unpaired) electrons. The second-order valence-corrected chi connectivity index (χ2v) is 10.9. The molecule has 0 spiro atoms. The number of rotatable bonds is 6. The highest BCUT2D eigenvalue weighted by Gasteiger charge is 2.32. The third kappa shape index (κ3) is 5.58. The number of benzene rings is 3. The van der Waals surface area contributed by atoms with Gasteiger partial charge in [-0.3, -0.25) is 14.3 Å². The molecule has 1 saturated heterocycles. The third-order valence-corrected chi connectivity index (χ3v) is 8.11. The standard InChI is InChI=1S/C33H32F2N6O2/c1-3-20-12-13-23(27(35)18-20)30-25(19-36-41(30)22-14-16-40(2)17-15-22)32(42)39-31-33(43)38-29-24(10-7-11-26(29)34)28(37-31)21-8-5-4-6-9-21/h4-13,18-19,22,31H,3,14-17H2,1-2H3,(H,38,43)(H,39,42)/t31-/m1/s1. The zero-order valence-electron chi connectivity index (χ0n) is 24.0. The fraction of sp³-hybridized carbons (Fsp3) is 0.273. The van der Waals surface area contributed by atoms with E-state index in [4.69, 9.17) is 0 Å². The molecule has 8 nitrogen and oxygen atoms in total. The fourth-order valence-corrected chi connectivity index (χ4v) is 5.71. The van der Waals surface area contributed by atoms with E-state index >= 15 is 4.39 Å². The Bertz CT molecular complexity index is 1710. The number of halogens is 2. The van der Waals surface area contributed by atoms with Gasteiger partial charge in [0.2, 0.25) is 6.17 Å². The minimum atomic E-state index is -1.39. The molecule has 2 aliphatic heterocycles. The van der Waals surface area contributed by atoms with Gasteiger partial charge >= 0.3 is 0 Å². The van der Waals surface area contributed by atoms with Gasteiger partial charge in [0.15, 0.2) is 0 Å². The van der Waals surface area contributed by atoms with Gasteiger partial charge in [-0.05, 0) is 63.2 Å². The predicted molar refractivity (Wildman–Crippen MR) is 161 cm³/mol. The number of aromatic nitrogens is 2. The number of anilines is 1. The summed E-state index contributed by atoms with van der Waals surface area (Å²) in [6.45, 7) is 3.64. The number of nitrogens with one attached hydrogen (secondary N) is 2. The van der Waals surface area contributed by atoms with Crippen molar-refractivity contribution in [3.05, 3.63) is 107 Å². The normalized spacial score (nSPS) is 17.5. The van der Waals surface area contributed by atoms with E-state index < -0.39 is 29.6 Å². The summed E-state index contributed by atoms with van der Waals surface area (Å²) in [6, 6.07) is 18.5. The molecule has 220 valence electrons. The van der Waals surface area contributed by atoms with Gasteiger partial charge in [0.25, 0.3) is 11.8 Å². The molecule has 0 unspecified atom stereocenters. The van der Waals surface area contributed by atoms with Crippen LogP contribution in [0.2, 0.25) is 0 Å². The van der Waals surface area contributed by atoms with Crippen molar-refractivity contribution >= 4 is 23.2 Å². The van der Waals surface area contributed by atoms with E-state index in [1.165, 1.54) is 18.3 Å². The lowest BCUT2D eigenvalue weighted by Crippen LogP contribution is -2.42. The first-order valence-electron chi connectivity index (χ1n) is 14.4. The fourth-order valence-electron chi connectivity index (χ4n) is 5.71. The van der Waals surface area contributed by atoms with Gasteiger partial charge < -0.3 is 15.5 Å². The summed E-state index contributed by atoms with van der Waals surface area (Å²) in [6.07, 6.45) is 2.28. The molecule has 3 heterocycles. The van der Waals surface area contributed by atoms with Crippen molar-refractivity contribution in [2.45, 2.75) is 38.4 Å². The summed E-state index contributed by atoms with van der Waals surface area (Å²) in [7, 11) is 2.05. The van der Waals surface area contributed by atoms with E-state index in [1.807, 2.05) is 31.2 Å². The molecule has 4 aromatic rings. The Balaban J connectivity index is 1.40. The van der Waals surface area contributed by atoms with Crippen molar-refractivity contribution in [1.29, 1.82) is 0 Å². The van der Waals surface area contributed by atoms with E-state index in [0.29, 0.717) is 29.0 Å². The van der Waals surface area contributed by atoms with Crippen LogP contribution in [0.1, 0.15) is 52.9 Å². The van der Waals surface area contributed by atoms with Gasteiger partial charge in [-0.25, -0.2) is 13.8 Å². The van der Waals surface area contributed by atoms with Crippen LogP contribution in [0.3, 0.4) is 0 Å². The van der Waals surface area contributed by atoms with Gasteiger partial charge in [-0.2, -0.15) is 5.10 Å². The Morgan fingerprint density at radius 2 is 1.77 bits per heavy atom. The Morgan fingerprint density at radius 3 is 2.49 bits per heavy atom. The maximum atomic E-state index is 15.6. The largest absolute Gasteiger partial charge is 0.322 e. The van der Waals surface area contributed by atoms with Crippen LogP contribution >= 0.6 is 0 Å². The average Bonchev–Trinajstić information content (AvgIpc) is 3.40. The van der Waals surface area contributed by atoms with Crippen LogP contribution < -0.4 is 10.6 Å². The predicted octanol–water partition coefficient (Wildman–Crippen LogP) is 5.20. The number of aryl methyl sites for hydroxylation is 1. The molecule has 0 aliphatic carbocycles. The summed E-state index contributed by atoms with van der Waals surface area (Å²) in [5.74, 6) is -2.41. The van der Waals surface area contributed by atoms with E-state index in [9.17, 15) is 14.0 Å². The first-order chi connectivity index (χ1) is 20.8. The van der Waals surface area contributed by atoms with E-state index in [1.54, 1.807) is 35.0 Å². The molecule has 2 amide bonds. The number of hydrogen-bond donors (Lipinski definition) is 2. The number of aliphatic imine (C=N–C) groups is 1. The van der Waals surface area contributed by atoms with Crippen molar-refractivity contribution in [1.82, 2.24) is 20.0 Å². The Kier molecular flexibility index (Phi) is 7.86. The summed E-state index contributed by atoms with van der Waals surface area (Å²) < 4.78 is 32.2. The van der Waals surface area contributed by atoms with Crippen LogP contribution in [0.15, 0.2) is 77.9 Å². The van der Waals surface area contributed by atoms with Crippen molar-refractivity contribution in [3.8, 4) is 11.3 Å². The molecule has 1 fully saturated rings. The molecule has 0 saturated carbocycles. The molecule has 0 bridgehead atoms. The van der Waals surface area contributed by atoms with Crippen LogP contribution in [0.25, 0.3) is 11.3 Å². The first-order valence-corrected chi connectivity index (χ1v) is 14.4. The molecule has 6 rings (SSSR count). The topological polar surface area (TPSA) is 91.6 Å². The SMILES string of the molecule is CCc1ccc(-c2c(C(=O)N[C@H]3N=C(c4ccccc4)c4cccc(F)c4NC3=O)cnn2C2CCN(C)CC2)c(F)c1. The van der Waals surface area contributed by atoms with Crippen molar-refractivity contribution in [2.24, 2.45) is 4.99 Å². The zero-order valence-corrected chi connectivity index (χ0v) is 24.0. The van der Waals surface area contributed by atoms with Gasteiger partial charge in [0, 0.05) is 16.7 Å². The number of amides is 2. The number of benzodiazepines with no additional fused rings is 1. The quantitative estimate of drug-likeness (QED) is 0.327. The molecular weight excluding hydrogens is 550 g/mol. The smallest absolute Gasteiger partial charge is 0.269 e. The summed E-state index contributed by atoms with van der Waals surface area (Å²) in [5, 5.41) is 9.88. The highest BCUT2D eigenvalue weighted by molar-refractivity contribution is 6.20. The van der Waals surface area contributed by atoms with Crippen molar-refractivity contribution < 1.29 is 18.4 Å². The van der Waals surface area contributed by atoms with Gasteiger partial charge in [-0.15, -0.1) is 0 Å². The summed E-state index contributed by atoms with van der Waals surface area (Å²) in [5.41, 5.74) is 2.95. The van der Waals surface area contributed by atoms with Gasteiger partial charge in [0.05, 0.1) is 34.9 Å². The highest BCUT2D eigenvalue weighted by Crippen LogP contribution is 2.33. The van der Waals surface area contributed by atoms with Crippen LogP contribution in [-0.4, -0.2) is 58.5 Å². The van der Waals surface area contributed by atoms with Gasteiger partial charge in [0.1, 0.15) is 11.6 Å². The Labute approximate surface area is 248 Å². The number of carbonyl (C=O) groups is 2. The zero-order chi connectivity index (χ0) is 30.1. The molecular formula is C33H32F2N6O2. The minimum Gasteiger partial charge on any atom is -0.322 e. The van der Waals surface area contributed by atoms with E-state index in [-0.39, 0.29) is 22.9 Å². The minimum absolute atomic E-state index is 0.0132. The number of piperidine rings is 1. The summed E-state index contributed by atoms with van der Waals surface area (Å²) >= 11 is 0. The molecule has 3 aromatic carbocycles. The molecule has 1 atom stereocenters. The van der Waals surface area contributed by atoms with E-state index in [0.717, 1.165) is 31.5 Å². The van der Waals surface area contributed by atoms with Gasteiger partial charge in [-0.1, -0.05) is 55.5 Å². The number of carbonyl (C=O) groups excluding carboxylic acids is 2. The number of likely N-dealkylation sites (tertiary alicyclic amines) is 1. The molecule has 2 N–H and O–H groups in total. The number of hydrogen-bond acceptors (Lipinski definition) is 5. The monoisotopic (exact) mass is 582 g/mol. The molecule has 1 aromatic heterocycles. The van der Waals surface area contributed by atoms with E-state index in [2.05, 4.69) is 32.7 Å². The average molecular weight is 583 g/mol. The van der Waals surface area contributed by atoms with Crippen LogP contribution in [0.4, 0.5) is 14.5 Å². The maximum absolute atomic E-state index is 15.6. The van der Waals surface area contributed by atoms with Crippen LogP contribution in [0.5, 0.6) is 0 Å².